The van der Waals surface area contributed by atoms with E-state index in [-0.39, 0.29) is 17.7 Å². The fourth-order valence-electron chi connectivity index (χ4n) is 4.22. The van der Waals surface area contributed by atoms with Gasteiger partial charge in [-0.1, -0.05) is 37.3 Å². The molecule has 2 amide bonds. The summed E-state index contributed by atoms with van der Waals surface area (Å²) in [6.07, 6.45) is 5.00. The van der Waals surface area contributed by atoms with Gasteiger partial charge in [0.2, 0.25) is 5.91 Å². The van der Waals surface area contributed by atoms with Crippen LogP contribution in [0.15, 0.2) is 65.9 Å². The molecule has 7 heteroatoms. The molecule has 0 bridgehead atoms. The highest BCUT2D eigenvalue weighted by atomic mass is 16.2. The van der Waals surface area contributed by atoms with Gasteiger partial charge in [-0.3, -0.25) is 14.6 Å². The van der Waals surface area contributed by atoms with E-state index >= 15 is 0 Å². The summed E-state index contributed by atoms with van der Waals surface area (Å²) >= 11 is 0. The van der Waals surface area contributed by atoms with Gasteiger partial charge in [0.1, 0.15) is 0 Å². The molecule has 2 aromatic heterocycles. The van der Waals surface area contributed by atoms with Crippen molar-refractivity contribution in [3.05, 3.63) is 83.2 Å². The Morgan fingerprint density at radius 2 is 1.94 bits per heavy atom. The summed E-state index contributed by atoms with van der Waals surface area (Å²) in [7, 11) is 0. The van der Waals surface area contributed by atoms with E-state index in [0.717, 1.165) is 46.3 Å². The highest BCUT2D eigenvalue weighted by Gasteiger charge is 2.23. The molecule has 0 saturated heterocycles. The van der Waals surface area contributed by atoms with E-state index in [1.165, 1.54) is 5.56 Å². The third-order valence-corrected chi connectivity index (χ3v) is 6.17. The standard InChI is InChI=1S/C27H25N5O2/c1-16(8-10-18-6-4-3-5-7-18)26(33)30-20-12-21-24-22(15-29-32-27(21)34)25(31-23(24)13-20)19-11-9-17(2)28-14-19/h3-7,9,11-16,31H,8,10H2,1-2H3,(H,30,33)(H,32,34)/t16-/m1/s1. The molecule has 2 aromatic carbocycles. The van der Waals surface area contributed by atoms with Crippen LogP contribution in [0, 0.1) is 12.8 Å². The number of aromatic nitrogens is 2. The summed E-state index contributed by atoms with van der Waals surface area (Å²) in [5.74, 6) is -0.580. The van der Waals surface area contributed by atoms with Crippen molar-refractivity contribution >= 4 is 34.6 Å². The number of rotatable bonds is 6. The van der Waals surface area contributed by atoms with Crippen LogP contribution >= 0.6 is 0 Å². The van der Waals surface area contributed by atoms with Gasteiger partial charge in [-0.05, 0) is 49.6 Å². The number of nitrogens with zero attached hydrogens (tertiary/aromatic N) is 2. The first-order valence-electron chi connectivity index (χ1n) is 11.3. The quantitative estimate of drug-likeness (QED) is 0.392. The number of amides is 2. The molecule has 1 atom stereocenters. The Morgan fingerprint density at radius 3 is 2.71 bits per heavy atom. The maximum atomic E-state index is 12.9. The van der Waals surface area contributed by atoms with Crippen molar-refractivity contribution in [3.8, 4) is 11.3 Å². The van der Waals surface area contributed by atoms with Crippen LogP contribution in [0.2, 0.25) is 0 Å². The zero-order valence-electron chi connectivity index (χ0n) is 19.1. The second kappa shape index (κ2) is 8.94. The van der Waals surface area contributed by atoms with E-state index in [1.807, 2.05) is 50.2 Å². The molecule has 3 heterocycles. The summed E-state index contributed by atoms with van der Waals surface area (Å²) in [6.45, 7) is 3.85. The molecule has 1 aliphatic rings. The van der Waals surface area contributed by atoms with Crippen molar-refractivity contribution in [3.63, 3.8) is 0 Å². The van der Waals surface area contributed by atoms with Gasteiger partial charge in [0.15, 0.2) is 0 Å². The number of hydrogen-bond acceptors (Lipinski definition) is 4. The van der Waals surface area contributed by atoms with Crippen molar-refractivity contribution in [2.45, 2.75) is 26.7 Å². The molecule has 0 fully saturated rings. The van der Waals surface area contributed by atoms with Gasteiger partial charge >= 0.3 is 0 Å². The third-order valence-electron chi connectivity index (χ3n) is 6.17. The number of hydrogen-bond donors (Lipinski definition) is 3. The summed E-state index contributed by atoms with van der Waals surface area (Å²) in [5, 5.41) is 7.85. The molecular formula is C27H25N5O2. The summed E-state index contributed by atoms with van der Waals surface area (Å²) in [5.41, 5.74) is 8.98. The Kier molecular flexibility index (Phi) is 5.67. The van der Waals surface area contributed by atoms with Crippen LogP contribution in [0.4, 0.5) is 5.69 Å². The van der Waals surface area contributed by atoms with Crippen molar-refractivity contribution in [2.24, 2.45) is 11.0 Å². The van der Waals surface area contributed by atoms with Gasteiger partial charge in [-0.15, -0.1) is 0 Å². The van der Waals surface area contributed by atoms with Crippen LogP contribution in [-0.4, -0.2) is 28.0 Å². The normalized spacial score (nSPS) is 13.4. The van der Waals surface area contributed by atoms with Crippen molar-refractivity contribution in [1.29, 1.82) is 0 Å². The SMILES string of the molecule is Cc1ccc(-c2[nH]c3cc(NC(=O)[C@H](C)CCc4ccccc4)cc4c3c2C=NNC4=O)cn1. The minimum atomic E-state index is -0.319. The molecule has 34 heavy (non-hydrogen) atoms. The predicted molar refractivity (Wildman–Crippen MR) is 134 cm³/mol. The van der Waals surface area contributed by atoms with Crippen LogP contribution < -0.4 is 10.7 Å². The molecular weight excluding hydrogens is 426 g/mol. The molecule has 0 spiro atoms. The second-order valence-corrected chi connectivity index (χ2v) is 8.66. The minimum Gasteiger partial charge on any atom is -0.354 e. The lowest BCUT2D eigenvalue weighted by Crippen LogP contribution is -2.22. The van der Waals surface area contributed by atoms with Gasteiger partial charge in [0.05, 0.1) is 17.5 Å². The molecule has 7 nitrogen and oxygen atoms in total. The van der Waals surface area contributed by atoms with Crippen LogP contribution in [0.3, 0.4) is 0 Å². The number of carbonyl (C=O) groups excluding carboxylic acids is 2. The van der Waals surface area contributed by atoms with E-state index in [9.17, 15) is 9.59 Å². The Morgan fingerprint density at radius 1 is 1.12 bits per heavy atom. The molecule has 0 saturated carbocycles. The number of aryl methyl sites for hydroxylation is 2. The first-order chi connectivity index (χ1) is 16.5. The minimum absolute atomic E-state index is 0.0810. The number of aromatic amines is 1. The molecule has 0 radical (unpaired) electrons. The lowest BCUT2D eigenvalue weighted by atomic mass is 9.99. The number of anilines is 1. The van der Waals surface area contributed by atoms with E-state index in [2.05, 4.69) is 37.9 Å². The number of nitrogens with one attached hydrogen (secondary N) is 3. The monoisotopic (exact) mass is 451 g/mol. The fourth-order valence-corrected chi connectivity index (χ4v) is 4.22. The topological polar surface area (TPSA) is 99.2 Å². The van der Waals surface area contributed by atoms with E-state index < -0.39 is 0 Å². The van der Waals surface area contributed by atoms with Gasteiger partial charge in [0, 0.05) is 45.5 Å². The molecule has 1 aliphatic heterocycles. The highest BCUT2D eigenvalue weighted by Crippen LogP contribution is 2.34. The first-order valence-corrected chi connectivity index (χ1v) is 11.3. The number of H-pyrrole nitrogens is 1. The van der Waals surface area contributed by atoms with Gasteiger partial charge in [-0.2, -0.15) is 5.10 Å². The fraction of sp³-hybridized carbons (Fsp3) is 0.185. The molecule has 170 valence electrons. The van der Waals surface area contributed by atoms with Gasteiger partial charge in [0.25, 0.3) is 5.91 Å². The van der Waals surface area contributed by atoms with Gasteiger partial charge in [-0.25, -0.2) is 5.43 Å². The number of hydrazone groups is 1. The number of pyridine rings is 1. The van der Waals surface area contributed by atoms with Crippen LogP contribution in [0.25, 0.3) is 22.2 Å². The maximum Gasteiger partial charge on any atom is 0.272 e. The molecule has 4 aromatic rings. The summed E-state index contributed by atoms with van der Waals surface area (Å²) < 4.78 is 0. The molecule has 5 rings (SSSR count). The number of carbonyl (C=O) groups is 2. The molecule has 0 aliphatic carbocycles. The Balaban J connectivity index is 1.45. The van der Waals surface area contributed by atoms with Crippen LogP contribution in [0.1, 0.15) is 40.5 Å². The summed E-state index contributed by atoms with van der Waals surface area (Å²) in [4.78, 5) is 33.5. The van der Waals surface area contributed by atoms with Crippen LogP contribution in [0.5, 0.6) is 0 Å². The number of benzene rings is 2. The first kappa shape index (κ1) is 21.6. The lowest BCUT2D eigenvalue weighted by molar-refractivity contribution is -0.119. The smallest absolute Gasteiger partial charge is 0.272 e. The van der Waals surface area contributed by atoms with E-state index in [0.29, 0.717) is 11.3 Å². The van der Waals surface area contributed by atoms with Crippen LogP contribution in [-0.2, 0) is 11.2 Å². The lowest BCUT2D eigenvalue weighted by Gasteiger charge is -2.13. The average Bonchev–Trinajstić information content (AvgIpc) is 3.12. The Bertz CT molecular complexity index is 1400. The summed E-state index contributed by atoms with van der Waals surface area (Å²) in [6, 6.07) is 17.6. The van der Waals surface area contributed by atoms with Gasteiger partial charge < -0.3 is 10.3 Å². The highest BCUT2D eigenvalue weighted by molar-refractivity contribution is 6.18. The third kappa shape index (κ3) is 4.20. The van der Waals surface area contributed by atoms with E-state index in [4.69, 9.17) is 0 Å². The zero-order valence-corrected chi connectivity index (χ0v) is 19.1. The molecule has 0 unspecified atom stereocenters. The second-order valence-electron chi connectivity index (χ2n) is 8.66. The zero-order chi connectivity index (χ0) is 23.7. The predicted octanol–water partition coefficient (Wildman–Crippen LogP) is 4.82. The maximum absolute atomic E-state index is 12.9. The van der Waals surface area contributed by atoms with Crippen molar-refractivity contribution in [1.82, 2.24) is 15.4 Å². The Hall–Kier alpha value is -4.26. The Labute approximate surface area is 197 Å². The van der Waals surface area contributed by atoms with Crippen molar-refractivity contribution in [2.75, 3.05) is 5.32 Å². The average molecular weight is 452 g/mol. The largest absolute Gasteiger partial charge is 0.354 e. The van der Waals surface area contributed by atoms with E-state index in [1.54, 1.807) is 18.5 Å². The van der Waals surface area contributed by atoms with Crippen molar-refractivity contribution < 1.29 is 9.59 Å². The molecule has 3 N–H and O–H groups in total.